The Morgan fingerprint density at radius 1 is 1.04 bits per heavy atom. The maximum absolute atomic E-state index is 12.3. The van der Waals surface area contributed by atoms with Crippen molar-refractivity contribution in [2.75, 3.05) is 5.32 Å². The number of nitro groups is 1. The lowest BCUT2D eigenvalue weighted by Gasteiger charge is -2.04. The number of nitrogens with zero attached hydrogens (tertiary/aromatic N) is 1. The first kappa shape index (κ1) is 17.9. The summed E-state index contributed by atoms with van der Waals surface area (Å²) in [7, 11) is 0. The third kappa shape index (κ3) is 4.18. The molecule has 0 radical (unpaired) electrons. The molecule has 0 atom stereocenters. The van der Waals surface area contributed by atoms with E-state index in [0.29, 0.717) is 11.3 Å². The number of carboxylic acids is 1. The molecule has 2 N–H and O–H groups in total. The van der Waals surface area contributed by atoms with Gasteiger partial charge in [0.1, 0.15) is 5.76 Å². The number of furan rings is 1. The average molecular weight is 366 g/mol. The molecule has 0 fully saturated rings. The molecule has 1 heterocycles. The first-order chi connectivity index (χ1) is 12.9. The lowest BCUT2D eigenvalue weighted by molar-refractivity contribution is -0.384. The Hall–Kier alpha value is -3.94. The first-order valence-corrected chi connectivity index (χ1v) is 7.90. The smallest absolute Gasteiger partial charge is 0.307 e. The number of carbonyl (C=O) groups is 2. The highest BCUT2D eigenvalue weighted by atomic mass is 16.6. The normalized spacial score (nSPS) is 10.4. The number of hydrogen-bond donors (Lipinski definition) is 2. The van der Waals surface area contributed by atoms with Crippen LogP contribution in [-0.4, -0.2) is 21.9 Å². The van der Waals surface area contributed by atoms with Gasteiger partial charge in [-0.2, -0.15) is 0 Å². The zero-order valence-corrected chi connectivity index (χ0v) is 13.9. The van der Waals surface area contributed by atoms with Gasteiger partial charge >= 0.3 is 5.97 Å². The summed E-state index contributed by atoms with van der Waals surface area (Å²) in [4.78, 5) is 33.6. The number of nitrogens with one attached hydrogen (secondary N) is 1. The number of hydrogen-bond acceptors (Lipinski definition) is 5. The molecule has 8 nitrogen and oxygen atoms in total. The van der Waals surface area contributed by atoms with E-state index < -0.39 is 16.8 Å². The van der Waals surface area contributed by atoms with Crippen molar-refractivity contribution in [3.05, 3.63) is 82.1 Å². The molecular weight excluding hydrogens is 352 g/mol. The SMILES string of the molecule is O=C(O)Cc1ccc(NC(=O)c2ccc(-c3ccccc3[N+](=O)[O-])o2)cc1. The van der Waals surface area contributed by atoms with Gasteiger partial charge in [-0.3, -0.25) is 19.7 Å². The highest BCUT2D eigenvalue weighted by molar-refractivity contribution is 6.02. The summed E-state index contributed by atoms with van der Waals surface area (Å²) >= 11 is 0. The molecular formula is C19H14N2O6. The monoisotopic (exact) mass is 366 g/mol. The number of nitro benzene ring substituents is 1. The Morgan fingerprint density at radius 2 is 1.74 bits per heavy atom. The fourth-order valence-electron chi connectivity index (χ4n) is 2.52. The maximum atomic E-state index is 12.3. The Morgan fingerprint density at radius 3 is 2.41 bits per heavy atom. The van der Waals surface area contributed by atoms with Crippen LogP contribution in [-0.2, 0) is 11.2 Å². The Labute approximate surface area is 153 Å². The number of anilines is 1. The van der Waals surface area contributed by atoms with Gasteiger partial charge in [-0.25, -0.2) is 0 Å². The molecule has 27 heavy (non-hydrogen) atoms. The van der Waals surface area contributed by atoms with E-state index >= 15 is 0 Å². The summed E-state index contributed by atoms with van der Waals surface area (Å²) in [5, 5.41) is 22.5. The van der Waals surface area contributed by atoms with Crippen LogP contribution < -0.4 is 5.32 Å². The fraction of sp³-hybridized carbons (Fsp3) is 0.0526. The predicted molar refractivity (Wildman–Crippen MR) is 96.5 cm³/mol. The Balaban J connectivity index is 1.76. The van der Waals surface area contributed by atoms with Crippen LogP contribution in [0.2, 0.25) is 0 Å². The van der Waals surface area contributed by atoms with Crippen molar-refractivity contribution in [2.45, 2.75) is 6.42 Å². The van der Waals surface area contributed by atoms with E-state index in [1.807, 2.05) is 0 Å². The van der Waals surface area contributed by atoms with Crippen LogP contribution in [0.15, 0.2) is 65.1 Å². The van der Waals surface area contributed by atoms with Gasteiger partial charge in [0.25, 0.3) is 11.6 Å². The van der Waals surface area contributed by atoms with E-state index in [1.165, 1.54) is 18.2 Å². The number of benzene rings is 2. The zero-order chi connectivity index (χ0) is 19.4. The highest BCUT2D eigenvalue weighted by Crippen LogP contribution is 2.31. The van der Waals surface area contributed by atoms with Gasteiger partial charge < -0.3 is 14.8 Å². The van der Waals surface area contributed by atoms with Gasteiger partial charge in [0.2, 0.25) is 0 Å². The minimum atomic E-state index is -0.940. The van der Waals surface area contributed by atoms with Gasteiger partial charge in [0.15, 0.2) is 5.76 Å². The van der Waals surface area contributed by atoms with E-state index in [0.717, 1.165) is 0 Å². The first-order valence-electron chi connectivity index (χ1n) is 7.90. The number of carboxylic acid groups (broad SMARTS) is 1. The summed E-state index contributed by atoms with van der Waals surface area (Å²) in [6, 6.07) is 15.4. The molecule has 0 unspecified atom stereocenters. The van der Waals surface area contributed by atoms with E-state index in [2.05, 4.69) is 5.32 Å². The van der Waals surface area contributed by atoms with Gasteiger partial charge in [0.05, 0.1) is 16.9 Å². The molecule has 136 valence electrons. The predicted octanol–water partition coefficient (Wildman–Crippen LogP) is 3.73. The number of rotatable bonds is 6. The van der Waals surface area contributed by atoms with Gasteiger partial charge in [-0.1, -0.05) is 24.3 Å². The van der Waals surface area contributed by atoms with Crippen molar-refractivity contribution >= 4 is 23.3 Å². The second kappa shape index (κ2) is 7.52. The molecule has 0 aliphatic carbocycles. The van der Waals surface area contributed by atoms with E-state index in [9.17, 15) is 19.7 Å². The molecule has 3 rings (SSSR count). The number of aliphatic carboxylic acids is 1. The fourth-order valence-corrected chi connectivity index (χ4v) is 2.52. The van der Waals surface area contributed by atoms with Crippen molar-refractivity contribution in [2.24, 2.45) is 0 Å². The molecule has 1 amide bonds. The lowest BCUT2D eigenvalue weighted by atomic mass is 10.1. The molecule has 0 saturated heterocycles. The summed E-state index contributed by atoms with van der Waals surface area (Å²) in [6.07, 6.45) is -0.106. The molecule has 0 aliphatic rings. The van der Waals surface area contributed by atoms with Gasteiger partial charge in [0, 0.05) is 11.8 Å². The molecule has 0 bridgehead atoms. The van der Waals surface area contributed by atoms with Crippen molar-refractivity contribution in [3.63, 3.8) is 0 Å². The van der Waals surface area contributed by atoms with E-state index in [4.69, 9.17) is 9.52 Å². The van der Waals surface area contributed by atoms with Crippen LogP contribution in [0.25, 0.3) is 11.3 Å². The third-order valence-corrected chi connectivity index (χ3v) is 3.76. The van der Waals surface area contributed by atoms with Crippen LogP contribution in [0.4, 0.5) is 11.4 Å². The van der Waals surface area contributed by atoms with Crippen LogP contribution in [0, 0.1) is 10.1 Å². The molecule has 1 aromatic heterocycles. The summed E-state index contributed by atoms with van der Waals surface area (Å²) in [5.74, 6) is -1.25. The topological polar surface area (TPSA) is 123 Å². The van der Waals surface area contributed by atoms with Crippen LogP contribution in [0.1, 0.15) is 16.1 Å². The van der Waals surface area contributed by atoms with Crippen molar-refractivity contribution in [1.29, 1.82) is 0 Å². The largest absolute Gasteiger partial charge is 0.481 e. The minimum absolute atomic E-state index is 0.00207. The molecule has 8 heteroatoms. The van der Waals surface area contributed by atoms with Crippen LogP contribution in [0.3, 0.4) is 0 Å². The lowest BCUT2D eigenvalue weighted by Crippen LogP contribution is -2.11. The van der Waals surface area contributed by atoms with Gasteiger partial charge in [-0.05, 0) is 35.9 Å². The number of amides is 1. The molecule has 3 aromatic rings. The Kier molecular flexibility index (Phi) is 4.98. The number of para-hydroxylation sites is 1. The average Bonchev–Trinajstić information content (AvgIpc) is 3.13. The van der Waals surface area contributed by atoms with Crippen LogP contribution >= 0.6 is 0 Å². The Bertz CT molecular complexity index is 1010. The highest BCUT2D eigenvalue weighted by Gasteiger charge is 2.19. The molecule has 0 aliphatic heterocycles. The summed E-state index contributed by atoms with van der Waals surface area (Å²) in [6.45, 7) is 0. The third-order valence-electron chi connectivity index (χ3n) is 3.76. The minimum Gasteiger partial charge on any atom is -0.481 e. The van der Waals surface area contributed by atoms with Crippen molar-refractivity contribution < 1.29 is 24.0 Å². The second-order valence-corrected chi connectivity index (χ2v) is 5.66. The molecule has 2 aromatic carbocycles. The standard InChI is InChI=1S/C19H14N2O6/c22-18(23)11-12-5-7-13(8-6-12)20-19(24)17-10-9-16(27-17)14-3-1-2-4-15(14)21(25)26/h1-10H,11H2,(H,20,24)(H,22,23). The van der Waals surface area contributed by atoms with Crippen molar-refractivity contribution in [3.8, 4) is 11.3 Å². The van der Waals surface area contributed by atoms with E-state index in [1.54, 1.807) is 42.5 Å². The second-order valence-electron chi connectivity index (χ2n) is 5.66. The zero-order valence-electron chi connectivity index (χ0n) is 13.9. The van der Waals surface area contributed by atoms with Crippen LogP contribution in [0.5, 0.6) is 0 Å². The van der Waals surface area contributed by atoms with Crippen molar-refractivity contribution in [1.82, 2.24) is 0 Å². The van der Waals surface area contributed by atoms with Gasteiger partial charge in [-0.15, -0.1) is 0 Å². The number of carbonyl (C=O) groups excluding carboxylic acids is 1. The summed E-state index contributed by atoms with van der Waals surface area (Å²) < 4.78 is 5.48. The quantitative estimate of drug-likeness (QED) is 0.506. The summed E-state index contributed by atoms with van der Waals surface area (Å²) in [5.41, 5.74) is 1.24. The molecule has 0 saturated carbocycles. The molecule has 0 spiro atoms. The van der Waals surface area contributed by atoms with E-state index in [-0.39, 0.29) is 29.2 Å². The maximum Gasteiger partial charge on any atom is 0.307 e.